The molecule has 1 heterocycles. The van der Waals surface area contributed by atoms with Gasteiger partial charge in [0.2, 0.25) is 0 Å². The normalized spacial score (nSPS) is 20.2. The molecule has 1 aromatic carbocycles. The number of morpholine rings is 1. The molecule has 1 aromatic rings. The number of rotatable bonds is 5. The summed E-state index contributed by atoms with van der Waals surface area (Å²) < 4.78 is 5.49. The van der Waals surface area contributed by atoms with Crippen molar-refractivity contribution >= 4 is 0 Å². The summed E-state index contributed by atoms with van der Waals surface area (Å²) in [5, 5.41) is 3.49. The van der Waals surface area contributed by atoms with Crippen molar-refractivity contribution in [2.75, 3.05) is 33.4 Å². The molecule has 1 N–H and O–H groups in total. The fourth-order valence-corrected chi connectivity index (χ4v) is 2.50. The Morgan fingerprint density at radius 3 is 2.63 bits per heavy atom. The summed E-state index contributed by atoms with van der Waals surface area (Å²) in [6.07, 6.45) is 0. The Morgan fingerprint density at radius 1 is 1.32 bits per heavy atom. The lowest BCUT2D eigenvalue weighted by Crippen LogP contribution is -2.47. The molecule has 19 heavy (non-hydrogen) atoms. The molecule has 1 aliphatic rings. The number of benzene rings is 1. The van der Waals surface area contributed by atoms with Crippen molar-refractivity contribution < 1.29 is 4.74 Å². The fraction of sp³-hybridized carbons (Fsp3) is 0.625. The number of ether oxygens (including phenoxy) is 1. The Hall–Kier alpha value is -0.900. The lowest BCUT2D eigenvalue weighted by atomic mass is 10.0. The van der Waals surface area contributed by atoms with E-state index in [1.165, 1.54) is 11.1 Å². The van der Waals surface area contributed by atoms with Crippen molar-refractivity contribution in [1.82, 2.24) is 10.2 Å². The molecule has 0 aromatic heterocycles. The number of likely N-dealkylation sites (N-methyl/N-ethyl adjacent to an activating group) is 1. The van der Waals surface area contributed by atoms with Crippen molar-refractivity contribution in [2.24, 2.45) is 0 Å². The van der Waals surface area contributed by atoms with Crippen LogP contribution in [0.1, 0.15) is 30.9 Å². The molecule has 3 heteroatoms. The zero-order valence-corrected chi connectivity index (χ0v) is 12.4. The molecule has 2 rings (SSSR count). The van der Waals surface area contributed by atoms with Gasteiger partial charge in [0, 0.05) is 25.7 Å². The van der Waals surface area contributed by atoms with Crippen molar-refractivity contribution in [3.05, 3.63) is 35.4 Å². The van der Waals surface area contributed by atoms with Gasteiger partial charge in [0.15, 0.2) is 0 Å². The first-order valence-corrected chi connectivity index (χ1v) is 7.23. The molecule has 1 atom stereocenters. The van der Waals surface area contributed by atoms with Crippen LogP contribution in [-0.4, -0.2) is 44.3 Å². The largest absolute Gasteiger partial charge is 0.378 e. The number of nitrogens with zero attached hydrogens (tertiary/aromatic N) is 1. The maximum absolute atomic E-state index is 5.49. The summed E-state index contributed by atoms with van der Waals surface area (Å²) in [6, 6.07) is 9.45. The third kappa shape index (κ3) is 4.60. The SMILES string of the molecule is CC(C)c1ccc(CN(C)CC2COCCN2)cc1. The van der Waals surface area contributed by atoms with E-state index in [4.69, 9.17) is 4.74 Å². The van der Waals surface area contributed by atoms with Gasteiger partial charge < -0.3 is 15.0 Å². The van der Waals surface area contributed by atoms with Crippen LogP contribution in [0.4, 0.5) is 0 Å². The van der Waals surface area contributed by atoms with Gasteiger partial charge in [-0.2, -0.15) is 0 Å². The minimum absolute atomic E-state index is 0.466. The molecule has 0 aliphatic carbocycles. The van der Waals surface area contributed by atoms with Crippen LogP contribution in [0.15, 0.2) is 24.3 Å². The number of nitrogens with one attached hydrogen (secondary N) is 1. The minimum Gasteiger partial charge on any atom is -0.378 e. The average molecular weight is 262 g/mol. The van der Waals surface area contributed by atoms with E-state index in [0.717, 1.165) is 32.8 Å². The number of hydrogen-bond donors (Lipinski definition) is 1. The van der Waals surface area contributed by atoms with E-state index in [1.54, 1.807) is 0 Å². The molecule has 0 amide bonds. The van der Waals surface area contributed by atoms with Crippen molar-refractivity contribution in [2.45, 2.75) is 32.4 Å². The lowest BCUT2D eigenvalue weighted by molar-refractivity contribution is 0.0645. The van der Waals surface area contributed by atoms with Gasteiger partial charge in [-0.3, -0.25) is 0 Å². The van der Waals surface area contributed by atoms with Gasteiger partial charge in [-0.1, -0.05) is 38.1 Å². The topological polar surface area (TPSA) is 24.5 Å². The quantitative estimate of drug-likeness (QED) is 0.880. The molecule has 106 valence electrons. The Labute approximate surface area is 116 Å². The zero-order chi connectivity index (χ0) is 13.7. The maximum Gasteiger partial charge on any atom is 0.0632 e. The Morgan fingerprint density at radius 2 is 2.05 bits per heavy atom. The highest BCUT2D eigenvalue weighted by atomic mass is 16.5. The molecule has 1 unspecified atom stereocenters. The van der Waals surface area contributed by atoms with Gasteiger partial charge in [0.1, 0.15) is 0 Å². The molecule has 1 fully saturated rings. The first kappa shape index (κ1) is 14.5. The van der Waals surface area contributed by atoms with E-state index in [1.807, 2.05) is 0 Å². The van der Waals surface area contributed by atoms with Crippen molar-refractivity contribution in [3.8, 4) is 0 Å². The number of hydrogen-bond acceptors (Lipinski definition) is 3. The van der Waals surface area contributed by atoms with E-state index in [2.05, 4.69) is 55.4 Å². The molecule has 0 spiro atoms. The van der Waals surface area contributed by atoms with E-state index in [0.29, 0.717) is 12.0 Å². The standard InChI is InChI=1S/C16H26N2O/c1-13(2)15-6-4-14(5-7-15)10-18(3)11-16-12-19-9-8-17-16/h4-7,13,16-17H,8-12H2,1-3H3. The third-order valence-corrected chi connectivity index (χ3v) is 3.63. The second-order valence-electron chi connectivity index (χ2n) is 5.82. The van der Waals surface area contributed by atoms with Gasteiger partial charge in [-0.25, -0.2) is 0 Å². The average Bonchev–Trinajstić information content (AvgIpc) is 2.40. The maximum atomic E-state index is 5.49. The zero-order valence-electron chi connectivity index (χ0n) is 12.4. The first-order valence-electron chi connectivity index (χ1n) is 7.23. The molecule has 1 aliphatic heterocycles. The second kappa shape index (κ2) is 7.04. The third-order valence-electron chi connectivity index (χ3n) is 3.63. The van der Waals surface area contributed by atoms with Crippen LogP contribution in [0, 0.1) is 0 Å². The highest BCUT2D eigenvalue weighted by molar-refractivity contribution is 5.24. The summed E-state index contributed by atoms with van der Waals surface area (Å²) in [6.45, 7) is 9.14. The molecule has 0 radical (unpaired) electrons. The van der Waals surface area contributed by atoms with Gasteiger partial charge in [0.05, 0.1) is 13.2 Å². The van der Waals surface area contributed by atoms with E-state index in [-0.39, 0.29) is 0 Å². The van der Waals surface area contributed by atoms with Gasteiger partial charge in [-0.05, 0) is 24.1 Å². The van der Waals surface area contributed by atoms with Gasteiger partial charge in [0.25, 0.3) is 0 Å². The van der Waals surface area contributed by atoms with Crippen LogP contribution in [0.2, 0.25) is 0 Å². The van der Waals surface area contributed by atoms with E-state index < -0.39 is 0 Å². The van der Waals surface area contributed by atoms with Crippen molar-refractivity contribution in [3.63, 3.8) is 0 Å². The first-order chi connectivity index (χ1) is 9.15. The Kier molecular flexibility index (Phi) is 5.37. The van der Waals surface area contributed by atoms with Crippen LogP contribution in [-0.2, 0) is 11.3 Å². The molecular formula is C16H26N2O. The summed E-state index contributed by atoms with van der Waals surface area (Å²) in [5.41, 5.74) is 2.79. The molecule has 0 saturated carbocycles. The summed E-state index contributed by atoms with van der Waals surface area (Å²) in [5.74, 6) is 0.607. The van der Waals surface area contributed by atoms with Crippen LogP contribution in [0.25, 0.3) is 0 Å². The van der Waals surface area contributed by atoms with Crippen LogP contribution >= 0.6 is 0 Å². The lowest BCUT2D eigenvalue weighted by Gasteiger charge is -2.28. The Bertz CT molecular complexity index is 369. The smallest absolute Gasteiger partial charge is 0.0632 e. The molecule has 3 nitrogen and oxygen atoms in total. The van der Waals surface area contributed by atoms with E-state index in [9.17, 15) is 0 Å². The van der Waals surface area contributed by atoms with Crippen LogP contribution in [0.3, 0.4) is 0 Å². The summed E-state index contributed by atoms with van der Waals surface area (Å²) in [7, 11) is 2.17. The van der Waals surface area contributed by atoms with Gasteiger partial charge >= 0.3 is 0 Å². The monoisotopic (exact) mass is 262 g/mol. The fourth-order valence-electron chi connectivity index (χ4n) is 2.50. The predicted molar refractivity (Wildman–Crippen MR) is 79.5 cm³/mol. The van der Waals surface area contributed by atoms with Gasteiger partial charge in [-0.15, -0.1) is 0 Å². The molecular weight excluding hydrogens is 236 g/mol. The van der Waals surface area contributed by atoms with Crippen molar-refractivity contribution in [1.29, 1.82) is 0 Å². The minimum atomic E-state index is 0.466. The summed E-state index contributed by atoms with van der Waals surface area (Å²) >= 11 is 0. The summed E-state index contributed by atoms with van der Waals surface area (Å²) in [4.78, 5) is 2.36. The Balaban J connectivity index is 1.82. The predicted octanol–water partition coefficient (Wildman–Crippen LogP) is 2.23. The molecule has 1 saturated heterocycles. The van der Waals surface area contributed by atoms with Crippen LogP contribution < -0.4 is 5.32 Å². The highest BCUT2D eigenvalue weighted by Gasteiger charge is 2.15. The molecule has 0 bridgehead atoms. The van der Waals surface area contributed by atoms with Crippen LogP contribution in [0.5, 0.6) is 0 Å². The second-order valence-corrected chi connectivity index (χ2v) is 5.82. The van der Waals surface area contributed by atoms with E-state index >= 15 is 0 Å². The highest BCUT2D eigenvalue weighted by Crippen LogP contribution is 2.15.